The monoisotopic (exact) mass is 316 g/mol. The zero-order chi connectivity index (χ0) is 15.0. The molecule has 112 valence electrons. The molecule has 1 fully saturated rings. The Labute approximate surface area is 126 Å². The Bertz CT molecular complexity index is 573. The van der Waals surface area contributed by atoms with Gasteiger partial charge in [0, 0.05) is 13.1 Å². The molecule has 2 N–H and O–H groups in total. The summed E-state index contributed by atoms with van der Waals surface area (Å²) in [6, 6.07) is 4.78. The molecule has 6 heteroatoms. The molecule has 0 amide bonds. The third-order valence-corrected chi connectivity index (χ3v) is 6.82. The molecule has 1 aliphatic rings. The van der Waals surface area contributed by atoms with Crippen LogP contribution in [0.15, 0.2) is 23.1 Å². The number of benzene rings is 1. The molecular weight excluding hydrogens is 296 g/mol. The van der Waals surface area contributed by atoms with Crippen LogP contribution in [-0.4, -0.2) is 25.8 Å². The van der Waals surface area contributed by atoms with Gasteiger partial charge >= 0.3 is 0 Å². The summed E-state index contributed by atoms with van der Waals surface area (Å²) in [5, 5.41) is 0.189. The normalized spacial score (nSPS) is 19.9. The molecule has 1 saturated heterocycles. The second-order valence-electron chi connectivity index (χ2n) is 5.73. The van der Waals surface area contributed by atoms with Gasteiger partial charge in [-0.1, -0.05) is 37.9 Å². The fourth-order valence-corrected chi connectivity index (χ4v) is 4.62. The summed E-state index contributed by atoms with van der Waals surface area (Å²) in [7, 11) is -3.61. The topological polar surface area (TPSA) is 63.4 Å². The van der Waals surface area contributed by atoms with Gasteiger partial charge in [0.15, 0.2) is 0 Å². The smallest absolute Gasteiger partial charge is 0.246 e. The van der Waals surface area contributed by atoms with Crippen LogP contribution in [0.2, 0.25) is 5.02 Å². The minimum absolute atomic E-state index is 0.0433. The highest BCUT2D eigenvalue weighted by atomic mass is 35.5. The molecular formula is C14H21ClN2O2S. The Morgan fingerprint density at radius 1 is 1.35 bits per heavy atom. The van der Waals surface area contributed by atoms with E-state index in [0.717, 1.165) is 19.3 Å². The number of nitrogen functional groups attached to an aromatic ring is 1. The number of anilines is 1. The van der Waals surface area contributed by atoms with Crippen LogP contribution < -0.4 is 5.73 Å². The average Bonchev–Trinajstić information content (AvgIpc) is 2.39. The van der Waals surface area contributed by atoms with Crippen LogP contribution in [0.25, 0.3) is 0 Å². The van der Waals surface area contributed by atoms with Crippen molar-refractivity contribution < 1.29 is 8.42 Å². The molecule has 1 aromatic carbocycles. The first-order chi connectivity index (χ1) is 9.30. The van der Waals surface area contributed by atoms with Crippen molar-refractivity contribution in [2.45, 2.75) is 38.0 Å². The molecule has 1 aliphatic heterocycles. The van der Waals surface area contributed by atoms with Crippen molar-refractivity contribution in [2.24, 2.45) is 5.41 Å². The summed E-state index contributed by atoms with van der Waals surface area (Å²) in [5.41, 5.74) is 6.25. The van der Waals surface area contributed by atoms with Crippen LogP contribution in [-0.2, 0) is 10.0 Å². The Morgan fingerprint density at radius 3 is 2.45 bits per heavy atom. The highest BCUT2D eigenvalue weighted by Gasteiger charge is 2.35. The van der Waals surface area contributed by atoms with Crippen LogP contribution in [0.4, 0.5) is 5.69 Å². The molecule has 0 aliphatic carbocycles. The molecule has 4 nitrogen and oxygen atoms in total. The van der Waals surface area contributed by atoms with Gasteiger partial charge in [-0.25, -0.2) is 8.42 Å². The van der Waals surface area contributed by atoms with Gasteiger partial charge in [0.05, 0.1) is 10.7 Å². The van der Waals surface area contributed by atoms with Gasteiger partial charge in [-0.15, -0.1) is 0 Å². The third-order valence-electron chi connectivity index (χ3n) is 4.38. The fraction of sp³-hybridized carbons (Fsp3) is 0.571. The van der Waals surface area contributed by atoms with Crippen molar-refractivity contribution in [1.82, 2.24) is 4.31 Å². The van der Waals surface area contributed by atoms with Crippen molar-refractivity contribution in [3.05, 3.63) is 23.2 Å². The number of piperidine rings is 1. The lowest BCUT2D eigenvalue weighted by Crippen LogP contribution is -2.42. The highest BCUT2D eigenvalue weighted by Crippen LogP contribution is 2.37. The summed E-state index contributed by atoms with van der Waals surface area (Å²) < 4.78 is 26.9. The van der Waals surface area contributed by atoms with Crippen LogP contribution in [0, 0.1) is 5.41 Å². The average molecular weight is 317 g/mol. The van der Waals surface area contributed by atoms with Crippen LogP contribution in [0.3, 0.4) is 0 Å². The minimum Gasteiger partial charge on any atom is -0.398 e. The van der Waals surface area contributed by atoms with Crippen molar-refractivity contribution in [2.75, 3.05) is 18.8 Å². The molecule has 0 radical (unpaired) electrons. The molecule has 2 rings (SSSR count). The Hall–Kier alpha value is -0.780. The number of halogens is 1. The SMILES string of the molecule is CCC1(C)CCN(S(=O)(=O)c2c(N)cccc2Cl)CC1. The number of hydrogen-bond donors (Lipinski definition) is 1. The van der Waals surface area contributed by atoms with Crippen molar-refractivity contribution >= 4 is 27.3 Å². The fourth-order valence-electron chi connectivity index (χ4n) is 2.55. The van der Waals surface area contributed by atoms with Gasteiger partial charge in [-0.3, -0.25) is 0 Å². The quantitative estimate of drug-likeness (QED) is 0.871. The summed E-state index contributed by atoms with van der Waals surface area (Å²) in [6.07, 6.45) is 2.80. The van der Waals surface area contributed by atoms with Gasteiger partial charge < -0.3 is 5.73 Å². The van der Waals surface area contributed by atoms with Gasteiger partial charge in [-0.05, 0) is 30.4 Å². The largest absolute Gasteiger partial charge is 0.398 e. The number of sulfonamides is 1. The lowest BCUT2D eigenvalue weighted by Gasteiger charge is -2.38. The van der Waals surface area contributed by atoms with E-state index in [-0.39, 0.29) is 21.0 Å². The Kier molecular flexibility index (Phi) is 4.33. The van der Waals surface area contributed by atoms with Crippen molar-refractivity contribution in [3.63, 3.8) is 0 Å². The second-order valence-corrected chi connectivity index (χ2v) is 8.01. The standard InChI is InChI=1S/C14H21ClN2O2S/c1-3-14(2)7-9-17(10-8-14)20(18,19)13-11(15)5-4-6-12(13)16/h4-6H,3,7-10,16H2,1-2H3. The van der Waals surface area contributed by atoms with Crippen LogP contribution in [0.1, 0.15) is 33.1 Å². The van der Waals surface area contributed by atoms with E-state index >= 15 is 0 Å². The highest BCUT2D eigenvalue weighted by molar-refractivity contribution is 7.89. The molecule has 0 bridgehead atoms. The minimum atomic E-state index is -3.61. The van der Waals surface area contributed by atoms with Gasteiger partial charge in [-0.2, -0.15) is 4.31 Å². The summed E-state index contributed by atoms with van der Waals surface area (Å²) in [6.45, 7) is 5.41. The van der Waals surface area contributed by atoms with E-state index < -0.39 is 10.0 Å². The Morgan fingerprint density at radius 2 is 1.95 bits per heavy atom. The maximum Gasteiger partial charge on any atom is 0.246 e. The molecule has 0 spiro atoms. The first kappa shape index (κ1) is 15.6. The van der Waals surface area contributed by atoms with Gasteiger partial charge in [0.1, 0.15) is 4.90 Å². The Balaban J connectivity index is 2.29. The van der Waals surface area contributed by atoms with E-state index in [1.54, 1.807) is 18.2 Å². The molecule has 0 unspecified atom stereocenters. The third kappa shape index (κ3) is 2.80. The maximum absolute atomic E-state index is 12.7. The summed E-state index contributed by atoms with van der Waals surface area (Å²) in [5.74, 6) is 0. The van der Waals surface area contributed by atoms with Crippen molar-refractivity contribution in [3.8, 4) is 0 Å². The number of nitrogens with two attached hydrogens (primary N) is 1. The predicted molar refractivity (Wildman–Crippen MR) is 82.3 cm³/mol. The second kappa shape index (κ2) is 5.54. The van der Waals surface area contributed by atoms with Crippen LogP contribution in [0.5, 0.6) is 0 Å². The zero-order valence-corrected chi connectivity index (χ0v) is 13.5. The predicted octanol–water partition coefficient (Wildman–Crippen LogP) is 3.12. The molecule has 0 saturated carbocycles. The molecule has 1 heterocycles. The first-order valence-electron chi connectivity index (χ1n) is 6.84. The molecule has 0 aromatic heterocycles. The van der Waals surface area contributed by atoms with Crippen LogP contribution >= 0.6 is 11.6 Å². The first-order valence-corrected chi connectivity index (χ1v) is 8.66. The van der Waals surface area contributed by atoms with E-state index in [1.807, 2.05) is 0 Å². The number of nitrogens with zero attached hydrogens (tertiary/aromatic N) is 1. The number of hydrogen-bond acceptors (Lipinski definition) is 3. The number of rotatable bonds is 3. The zero-order valence-electron chi connectivity index (χ0n) is 11.9. The van der Waals surface area contributed by atoms with E-state index in [4.69, 9.17) is 17.3 Å². The lowest BCUT2D eigenvalue weighted by atomic mass is 9.79. The molecule has 20 heavy (non-hydrogen) atoms. The van der Waals surface area contributed by atoms with E-state index in [9.17, 15) is 8.42 Å². The molecule has 0 atom stereocenters. The van der Waals surface area contributed by atoms with E-state index in [2.05, 4.69) is 13.8 Å². The summed E-state index contributed by atoms with van der Waals surface area (Å²) >= 11 is 6.03. The van der Waals surface area contributed by atoms with Gasteiger partial charge in [0.25, 0.3) is 0 Å². The lowest BCUT2D eigenvalue weighted by molar-refractivity contribution is 0.169. The van der Waals surface area contributed by atoms with E-state index in [1.165, 1.54) is 4.31 Å². The van der Waals surface area contributed by atoms with Crippen molar-refractivity contribution in [1.29, 1.82) is 0 Å². The maximum atomic E-state index is 12.7. The molecule has 1 aromatic rings. The van der Waals surface area contributed by atoms with Gasteiger partial charge in [0.2, 0.25) is 10.0 Å². The summed E-state index contributed by atoms with van der Waals surface area (Å²) in [4.78, 5) is 0.0433. The van der Waals surface area contributed by atoms with E-state index in [0.29, 0.717) is 13.1 Å².